The summed E-state index contributed by atoms with van der Waals surface area (Å²) in [5.74, 6) is 1.96. The number of nitrogens with zero attached hydrogens (tertiary/aromatic N) is 1. The molecular weight excluding hydrogens is 543 g/mol. The topological polar surface area (TPSA) is 21.5 Å². The Hall–Kier alpha value is -2.11. The molecule has 2 aromatic carbocycles. The average molecular weight is 595 g/mol. The maximum atomic E-state index is 6.08. The highest BCUT2D eigenvalue weighted by Gasteiger charge is 2.19. The molecule has 1 aromatic heterocycles. The molecule has 0 aliphatic carbocycles. The summed E-state index contributed by atoms with van der Waals surface area (Å²) in [6.07, 6.45) is 19.4. The third-order valence-electron chi connectivity index (χ3n) is 7.97. The van der Waals surface area contributed by atoms with Gasteiger partial charge in [-0.1, -0.05) is 101 Å². The lowest BCUT2D eigenvalue weighted by Crippen LogP contribution is -2.31. The first-order valence-corrected chi connectivity index (χ1v) is 18.1. The van der Waals surface area contributed by atoms with E-state index in [4.69, 9.17) is 9.47 Å². The molecule has 5 heteroatoms. The van der Waals surface area contributed by atoms with Crippen LogP contribution in [-0.4, -0.2) is 26.3 Å². The van der Waals surface area contributed by atoms with Crippen molar-refractivity contribution in [1.29, 1.82) is 0 Å². The van der Waals surface area contributed by atoms with Gasteiger partial charge in [0.05, 0.1) is 23.0 Å². The molecule has 0 atom stereocenters. The normalized spacial score (nSPS) is 13.5. The summed E-state index contributed by atoms with van der Waals surface area (Å²) in [6.45, 7) is 8.50. The second-order valence-corrected chi connectivity index (χ2v) is 13.7. The lowest BCUT2D eigenvalue weighted by Gasteiger charge is -2.09. The van der Waals surface area contributed by atoms with Crippen LogP contribution in [0.15, 0.2) is 48.5 Å². The van der Waals surface area contributed by atoms with Crippen LogP contribution >= 0.6 is 22.7 Å². The summed E-state index contributed by atoms with van der Waals surface area (Å²) >= 11 is 3.90. The van der Waals surface area contributed by atoms with Crippen LogP contribution in [0.3, 0.4) is 0 Å². The summed E-state index contributed by atoms with van der Waals surface area (Å²) in [5, 5.41) is 0. The fraction of sp³-hybridized carbons (Fsp3) is 0.583. The maximum absolute atomic E-state index is 6.08. The Bertz CT molecular complexity index is 1100. The number of unbranched alkanes of at least 4 members (excludes halogenated alkanes) is 10. The van der Waals surface area contributed by atoms with E-state index in [1.165, 1.54) is 121 Å². The molecule has 0 N–H and O–H groups in total. The van der Waals surface area contributed by atoms with E-state index in [1.807, 2.05) is 22.7 Å². The van der Waals surface area contributed by atoms with Crippen LogP contribution in [0.2, 0.25) is 0 Å². The van der Waals surface area contributed by atoms with Crippen molar-refractivity contribution in [2.45, 2.75) is 110 Å². The molecule has 2 heterocycles. The second-order valence-electron chi connectivity index (χ2n) is 11.5. The number of piperidine rings is 1. The van der Waals surface area contributed by atoms with Gasteiger partial charge >= 0.3 is 3.98 Å². The van der Waals surface area contributed by atoms with Crippen LogP contribution < -0.4 is 18.0 Å². The zero-order chi connectivity index (χ0) is 28.5. The Morgan fingerprint density at radius 2 is 0.951 bits per heavy atom. The predicted octanol–water partition coefficient (Wildman–Crippen LogP) is 10.6. The Labute approximate surface area is 257 Å². The van der Waals surface area contributed by atoms with Gasteiger partial charge in [0.15, 0.2) is 0 Å². The summed E-state index contributed by atoms with van der Waals surface area (Å²) in [7, 11) is 0. The van der Waals surface area contributed by atoms with Gasteiger partial charge in [0.2, 0.25) is 0 Å². The van der Waals surface area contributed by atoms with Crippen LogP contribution in [-0.2, 0) is 0 Å². The molecule has 3 aromatic rings. The Morgan fingerprint density at radius 3 is 1.39 bits per heavy atom. The van der Waals surface area contributed by atoms with Crippen molar-refractivity contribution in [3.8, 4) is 32.4 Å². The SMILES string of the molecule is CCCCCCCCOc1ccc(-c2sc(=[N+]3CCCCC3)sc2-c2ccc(OCCCCCCCC)cc2)cc1. The highest BCUT2D eigenvalue weighted by molar-refractivity contribution is 7.32. The molecule has 1 aliphatic heterocycles. The molecule has 0 spiro atoms. The van der Waals surface area contributed by atoms with Gasteiger partial charge in [-0.15, -0.1) is 0 Å². The second kappa shape index (κ2) is 18.4. The highest BCUT2D eigenvalue weighted by atomic mass is 32.2. The van der Waals surface area contributed by atoms with E-state index in [0.717, 1.165) is 37.6 Å². The summed E-state index contributed by atoms with van der Waals surface area (Å²) in [4.78, 5) is 2.72. The van der Waals surface area contributed by atoms with Gasteiger partial charge in [-0.2, -0.15) is 0 Å². The molecule has 4 rings (SSSR count). The molecule has 1 saturated heterocycles. The molecule has 1 aliphatic rings. The van der Waals surface area contributed by atoms with Gasteiger partial charge in [-0.05, 0) is 78.9 Å². The smallest absolute Gasteiger partial charge is 0.315 e. The molecule has 0 amide bonds. The fourth-order valence-electron chi connectivity index (χ4n) is 5.42. The standard InChI is InChI=1S/C36H52NO2S2/c1-3-5-7-9-11-16-28-38-32-22-18-30(19-23-32)34-35(41-36(40-34)37-26-14-13-15-27-37)31-20-24-33(25-21-31)39-29-17-12-10-8-6-4-2/h18-25H,3-17,26-29H2,1-2H3/q+1. The van der Waals surface area contributed by atoms with Gasteiger partial charge in [-0.3, -0.25) is 0 Å². The van der Waals surface area contributed by atoms with E-state index < -0.39 is 0 Å². The fourth-order valence-corrected chi connectivity index (χ4v) is 8.24. The average Bonchev–Trinajstić information content (AvgIpc) is 3.47. The Morgan fingerprint density at radius 1 is 0.537 bits per heavy atom. The van der Waals surface area contributed by atoms with Crippen LogP contribution in [0.5, 0.6) is 11.5 Å². The minimum absolute atomic E-state index is 0.810. The monoisotopic (exact) mass is 594 g/mol. The largest absolute Gasteiger partial charge is 0.494 e. The van der Waals surface area contributed by atoms with Crippen LogP contribution in [0.4, 0.5) is 0 Å². The first-order valence-electron chi connectivity index (χ1n) is 16.5. The van der Waals surface area contributed by atoms with Crippen molar-refractivity contribution >= 4 is 22.7 Å². The van der Waals surface area contributed by atoms with Crippen molar-refractivity contribution in [2.24, 2.45) is 0 Å². The number of rotatable bonds is 18. The zero-order valence-electron chi connectivity index (χ0n) is 25.6. The van der Waals surface area contributed by atoms with Crippen molar-refractivity contribution in [3.05, 3.63) is 52.5 Å². The van der Waals surface area contributed by atoms with Crippen molar-refractivity contribution in [3.63, 3.8) is 0 Å². The molecular formula is C36H52NO2S2+. The highest BCUT2D eigenvalue weighted by Crippen LogP contribution is 2.39. The lowest BCUT2D eigenvalue weighted by molar-refractivity contribution is 0.304. The summed E-state index contributed by atoms with van der Waals surface area (Å²) in [6, 6.07) is 17.6. The molecule has 41 heavy (non-hydrogen) atoms. The lowest BCUT2D eigenvalue weighted by atomic mass is 10.1. The number of hydrogen-bond donors (Lipinski definition) is 0. The number of ether oxygens (including phenoxy) is 2. The predicted molar refractivity (Wildman–Crippen MR) is 180 cm³/mol. The molecule has 0 bridgehead atoms. The number of benzene rings is 2. The third-order valence-corrected chi connectivity index (χ3v) is 10.7. The zero-order valence-corrected chi connectivity index (χ0v) is 27.3. The minimum atomic E-state index is 0.810. The van der Waals surface area contributed by atoms with E-state index in [9.17, 15) is 0 Å². The van der Waals surface area contributed by atoms with E-state index in [0.29, 0.717) is 0 Å². The number of hydrogen-bond acceptors (Lipinski definition) is 4. The maximum Gasteiger partial charge on any atom is 0.315 e. The van der Waals surface area contributed by atoms with E-state index in [-0.39, 0.29) is 0 Å². The van der Waals surface area contributed by atoms with E-state index in [1.54, 1.807) is 0 Å². The third kappa shape index (κ3) is 10.6. The van der Waals surface area contributed by atoms with Crippen LogP contribution in [0.25, 0.3) is 20.9 Å². The van der Waals surface area contributed by atoms with Crippen LogP contribution in [0.1, 0.15) is 110 Å². The van der Waals surface area contributed by atoms with Gasteiger partial charge in [0.25, 0.3) is 0 Å². The van der Waals surface area contributed by atoms with Gasteiger partial charge in [0, 0.05) is 12.8 Å². The molecule has 224 valence electrons. The molecule has 0 radical (unpaired) electrons. The molecule has 0 saturated carbocycles. The minimum Gasteiger partial charge on any atom is -0.494 e. The first kappa shape index (κ1) is 31.8. The van der Waals surface area contributed by atoms with E-state index >= 15 is 0 Å². The van der Waals surface area contributed by atoms with E-state index in [2.05, 4.69) is 67.0 Å². The Balaban J connectivity index is 1.42. The van der Waals surface area contributed by atoms with Crippen molar-refractivity contribution < 1.29 is 9.47 Å². The first-order chi connectivity index (χ1) is 20.3. The molecule has 3 nitrogen and oxygen atoms in total. The van der Waals surface area contributed by atoms with Gasteiger partial charge < -0.3 is 9.47 Å². The summed E-state index contributed by atoms with van der Waals surface area (Å²) in [5.41, 5.74) is 2.56. The van der Waals surface area contributed by atoms with Gasteiger partial charge in [0.1, 0.15) is 24.6 Å². The van der Waals surface area contributed by atoms with Crippen molar-refractivity contribution in [1.82, 2.24) is 4.58 Å². The van der Waals surface area contributed by atoms with Crippen molar-refractivity contribution in [2.75, 3.05) is 26.3 Å². The molecule has 0 unspecified atom stereocenters. The quantitative estimate of drug-likeness (QED) is 0.108. The van der Waals surface area contributed by atoms with Gasteiger partial charge in [-0.25, -0.2) is 4.58 Å². The molecule has 1 fully saturated rings. The van der Waals surface area contributed by atoms with Crippen LogP contribution in [0, 0.1) is 0 Å². The Kier molecular flexibility index (Phi) is 14.3. The summed E-state index contributed by atoms with van der Waals surface area (Å²) < 4.78 is 16.2.